The van der Waals surface area contributed by atoms with Gasteiger partial charge in [0.1, 0.15) is 11.5 Å². The monoisotopic (exact) mass is 340 g/mol. The van der Waals surface area contributed by atoms with Crippen LogP contribution in [0.3, 0.4) is 0 Å². The third-order valence-corrected chi connectivity index (χ3v) is 4.71. The van der Waals surface area contributed by atoms with Crippen molar-refractivity contribution in [2.24, 2.45) is 0 Å². The normalized spacial score (nSPS) is 15.8. The molecule has 5 nitrogen and oxygen atoms in total. The van der Waals surface area contributed by atoms with Crippen LogP contribution in [0.25, 0.3) is 0 Å². The van der Waals surface area contributed by atoms with E-state index in [0.717, 1.165) is 12.8 Å². The van der Waals surface area contributed by atoms with Gasteiger partial charge in [-0.25, -0.2) is 0 Å². The van der Waals surface area contributed by atoms with Gasteiger partial charge in [0.15, 0.2) is 0 Å². The molecule has 3 rings (SSSR count). The number of hydrogen-bond donors (Lipinski definition) is 1. The largest absolute Gasteiger partial charge is 0.497 e. The van der Waals surface area contributed by atoms with Gasteiger partial charge in [-0.2, -0.15) is 0 Å². The molecule has 0 bridgehead atoms. The third kappa shape index (κ3) is 3.77. The fourth-order valence-corrected chi connectivity index (χ4v) is 3.42. The first-order valence-electron chi connectivity index (χ1n) is 8.42. The molecule has 0 aromatic heterocycles. The van der Waals surface area contributed by atoms with Crippen LogP contribution in [0.1, 0.15) is 23.6 Å². The van der Waals surface area contributed by atoms with Crippen LogP contribution < -0.4 is 14.8 Å². The lowest BCUT2D eigenvalue weighted by atomic mass is 10.1. The quantitative estimate of drug-likeness (QED) is 0.877. The fraction of sp³-hybridized carbons (Fsp3) is 0.350. The van der Waals surface area contributed by atoms with E-state index in [1.54, 1.807) is 32.4 Å². The minimum absolute atomic E-state index is 0.0599. The second-order valence-corrected chi connectivity index (χ2v) is 6.28. The van der Waals surface area contributed by atoms with Crippen molar-refractivity contribution in [2.75, 3.05) is 33.1 Å². The van der Waals surface area contributed by atoms with Gasteiger partial charge in [0.05, 0.1) is 26.5 Å². The summed E-state index contributed by atoms with van der Waals surface area (Å²) in [6.45, 7) is 0.328. The van der Waals surface area contributed by atoms with Gasteiger partial charge in [-0.05, 0) is 43.1 Å². The molecule has 0 radical (unpaired) electrons. The number of benzene rings is 2. The van der Waals surface area contributed by atoms with Crippen molar-refractivity contribution in [1.29, 1.82) is 0 Å². The Hall–Kier alpha value is -2.53. The molecule has 1 atom stereocenters. The maximum absolute atomic E-state index is 12.5. The second kappa shape index (κ2) is 7.57. The van der Waals surface area contributed by atoms with Crippen molar-refractivity contribution in [2.45, 2.75) is 18.9 Å². The van der Waals surface area contributed by atoms with Crippen LogP contribution in [-0.4, -0.2) is 38.6 Å². The highest BCUT2D eigenvalue weighted by Crippen LogP contribution is 2.35. The number of rotatable bonds is 6. The van der Waals surface area contributed by atoms with Crippen molar-refractivity contribution < 1.29 is 14.3 Å². The van der Waals surface area contributed by atoms with Crippen LogP contribution in [0.5, 0.6) is 11.5 Å². The molecule has 1 aliphatic rings. The lowest BCUT2D eigenvalue weighted by Gasteiger charge is -2.24. The molecule has 0 heterocycles. The summed E-state index contributed by atoms with van der Waals surface area (Å²) in [4.78, 5) is 14.6. The summed E-state index contributed by atoms with van der Waals surface area (Å²) in [5.41, 5.74) is 3.37. The Balaban J connectivity index is 1.65. The Morgan fingerprint density at radius 2 is 2.00 bits per heavy atom. The van der Waals surface area contributed by atoms with Crippen molar-refractivity contribution in [3.8, 4) is 11.5 Å². The van der Waals surface area contributed by atoms with E-state index in [-0.39, 0.29) is 5.91 Å². The Labute approximate surface area is 148 Å². The zero-order chi connectivity index (χ0) is 17.8. The van der Waals surface area contributed by atoms with Gasteiger partial charge in [0.2, 0.25) is 5.91 Å². The molecule has 0 spiro atoms. The van der Waals surface area contributed by atoms with E-state index in [1.807, 2.05) is 7.05 Å². The molecule has 2 aromatic rings. The van der Waals surface area contributed by atoms with E-state index < -0.39 is 0 Å². The van der Waals surface area contributed by atoms with E-state index in [1.165, 1.54) is 11.1 Å². The van der Waals surface area contributed by atoms with Gasteiger partial charge in [-0.15, -0.1) is 0 Å². The van der Waals surface area contributed by atoms with E-state index in [0.29, 0.717) is 29.8 Å². The van der Waals surface area contributed by atoms with Gasteiger partial charge < -0.3 is 14.8 Å². The van der Waals surface area contributed by atoms with Crippen LogP contribution in [0.15, 0.2) is 42.5 Å². The standard InChI is InChI=1S/C20H24N2O3/c1-22(18-11-8-14-6-4-5-7-16(14)18)13-20(23)21-17-10-9-15(24-2)12-19(17)25-3/h4-7,9-10,12,18H,8,11,13H2,1-3H3,(H,21,23). The van der Waals surface area contributed by atoms with Crippen LogP contribution in [0.4, 0.5) is 5.69 Å². The molecule has 2 aromatic carbocycles. The SMILES string of the molecule is COc1ccc(NC(=O)CN(C)C2CCc3ccccc32)c(OC)c1. The summed E-state index contributed by atoms with van der Waals surface area (Å²) >= 11 is 0. The molecular weight excluding hydrogens is 316 g/mol. The highest BCUT2D eigenvalue weighted by Gasteiger charge is 2.26. The van der Waals surface area contributed by atoms with Gasteiger partial charge in [0, 0.05) is 12.1 Å². The number of likely N-dealkylation sites (N-methyl/N-ethyl adjacent to an activating group) is 1. The van der Waals surface area contributed by atoms with E-state index in [4.69, 9.17) is 9.47 Å². The van der Waals surface area contributed by atoms with E-state index >= 15 is 0 Å². The molecule has 0 aliphatic heterocycles. The highest BCUT2D eigenvalue weighted by molar-refractivity contribution is 5.93. The molecule has 1 N–H and O–H groups in total. The predicted octanol–water partition coefficient (Wildman–Crippen LogP) is 3.26. The minimum Gasteiger partial charge on any atom is -0.497 e. The molecule has 0 saturated carbocycles. The number of hydrogen-bond acceptors (Lipinski definition) is 4. The summed E-state index contributed by atoms with van der Waals surface area (Å²) in [6.07, 6.45) is 2.12. The molecule has 0 saturated heterocycles. The first-order chi connectivity index (χ1) is 12.1. The number of carbonyl (C=O) groups excluding carboxylic acids is 1. The number of fused-ring (bicyclic) bond motifs is 1. The summed E-state index contributed by atoms with van der Waals surface area (Å²) < 4.78 is 10.5. The molecule has 1 aliphatic carbocycles. The molecule has 5 heteroatoms. The van der Waals surface area contributed by atoms with Crippen LogP contribution in [-0.2, 0) is 11.2 Å². The number of amides is 1. The summed E-state index contributed by atoms with van der Waals surface area (Å²) in [5.74, 6) is 1.21. The number of carbonyl (C=O) groups is 1. The van der Waals surface area contributed by atoms with E-state index in [9.17, 15) is 4.79 Å². The minimum atomic E-state index is -0.0599. The first-order valence-corrected chi connectivity index (χ1v) is 8.42. The van der Waals surface area contributed by atoms with Crippen LogP contribution >= 0.6 is 0 Å². The second-order valence-electron chi connectivity index (χ2n) is 6.28. The topological polar surface area (TPSA) is 50.8 Å². The Bertz CT molecular complexity index is 760. The van der Waals surface area contributed by atoms with Gasteiger partial charge >= 0.3 is 0 Å². The van der Waals surface area contributed by atoms with Crippen molar-refractivity contribution in [1.82, 2.24) is 4.90 Å². The summed E-state index contributed by atoms with van der Waals surface area (Å²) in [6, 6.07) is 14.1. The number of nitrogens with zero attached hydrogens (tertiary/aromatic N) is 1. The average Bonchev–Trinajstić information content (AvgIpc) is 3.06. The smallest absolute Gasteiger partial charge is 0.238 e. The van der Waals surface area contributed by atoms with Crippen LogP contribution in [0.2, 0.25) is 0 Å². The Morgan fingerprint density at radius 1 is 1.20 bits per heavy atom. The number of aryl methyl sites for hydroxylation is 1. The molecule has 1 unspecified atom stereocenters. The molecule has 0 fully saturated rings. The van der Waals surface area contributed by atoms with Gasteiger partial charge in [0.25, 0.3) is 0 Å². The molecule has 1 amide bonds. The van der Waals surface area contributed by atoms with Crippen molar-refractivity contribution >= 4 is 11.6 Å². The van der Waals surface area contributed by atoms with E-state index in [2.05, 4.69) is 34.5 Å². The molecular formula is C20H24N2O3. The number of methoxy groups -OCH3 is 2. The van der Waals surface area contributed by atoms with Crippen molar-refractivity contribution in [3.05, 3.63) is 53.6 Å². The predicted molar refractivity (Wildman–Crippen MR) is 98.3 cm³/mol. The maximum Gasteiger partial charge on any atom is 0.238 e. The fourth-order valence-electron chi connectivity index (χ4n) is 3.42. The number of nitrogens with one attached hydrogen (secondary N) is 1. The van der Waals surface area contributed by atoms with Gasteiger partial charge in [-0.1, -0.05) is 24.3 Å². The molecule has 132 valence electrons. The maximum atomic E-state index is 12.5. The van der Waals surface area contributed by atoms with Gasteiger partial charge in [-0.3, -0.25) is 9.69 Å². The summed E-state index contributed by atoms with van der Waals surface area (Å²) in [7, 11) is 5.17. The van der Waals surface area contributed by atoms with Crippen molar-refractivity contribution in [3.63, 3.8) is 0 Å². The first kappa shape index (κ1) is 17.3. The summed E-state index contributed by atoms with van der Waals surface area (Å²) in [5, 5.41) is 2.93. The lowest BCUT2D eigenvalue weighted by Crippen LogP contribution is -2.32. The Kier molecular flexibility index (Phi) is 5.24. The number of ether oxygens (including phenoxy) is 2. The highest BCUT2D eigenvalue weighted by atomic mass is 16.5. The third-order valence-electron chi connectivity index (χ3n) is 4.71. The zero-order valence-electron chi connectivity index (χ0n) is 14.9. The van der Waals surface area contributed by atoms with Crippen LogP contribution in [0, 0.1) is 0 Å². The average molecular weight is 340 g/mol. The molecule has 25 heavy (non-hydrogen) atoms. The zero-order valence-corrected chi connectivity index (χ0v) is 14.9. The Morgan fingerprint density at radius 3 is 2.76 bits per heavy atom. The lowest BCUT2D eigenvalue weighted by molar-refractivity contribution is -0.117. The number of anilines is 1.